The maximum absolute atomic E-state index is 5.57. The predicted molar refractivity (Wildman–Crippen MR) is 115 cm³/mol. The van der Waals surface area contributed by atoms with Gasteiger partial charge in [0.2, 0.25) is 0 Å². The van der Waals surface area contributed by atoms with Crippen LogP contribution in [-0.4, -0.2) is 37.7 Å². The lowest BCUT2D eigenvalue weighted by Gasteiger charge is -2.14. The Bertz CT molecular complexity index is 483. The molecule has 7 heteroatoms. The largest absolute Gasteiger partial charge is 0.381 e. The molecule has 1 aromatic rings. The fraction of sp³-hybridized carbons (Fsp3) is 0.765. The van der Waals surface area contributed by atoms with Gasteiger partial charge in [-0.05, 0) is 12.3 Å². The molecule has 24 heavy (non-hydrogen) atoms. The van der Waals surface area contributed by atoms with Crippen molar-refractivity contribution in [3.8, 4) is 0 Å². The Hall–Kier alpha value is -0.410. The van der Waals surface area contributed by atoms with Gasteiger partial charge in [0, 0.05) is 37.6 Å². The van der Waals surface area contributed by atoms with Crippen LogP contribution in [0.25, 0.3) is 0 Å². The Kier molecular flexibility index (Phi) is 11.8. The molecule has 0 saturated carbocycles. The molecule has 0 bridgehead atoms. The molecule has 0 saturated heterocycles. The molecule has 1 rings (SSSR count). The number of hydrogen-bond donors (Lipinski definition) is 2. The highest BCUT2D eigenvalue weighted by atomic mass is 127. The number of nitrogens with one attached hydrogen (secondary N) is 2. The summed E-state index contributed by atoms with van der Waals surface area (Å²) in [7, 11) is 1.78. The summed E-state index contributed by atoms with van der Waals surface area (Å²) in [5.74, 6) is 1.40. The number of ether oxygens (including phenoxy) is 1. The second-order valence-electron chi connectivity index (χ2n) is 7.07. The molecule has 0 radical (unpaired) electrons. The van der Waals surface area contributed by atoms with Gasteiger partial charge in [-0.25, -0.2) is 4.98 Å². The van der Waals surface area contributed by atoms with Gasteiger partial charge >= 0.3 is 0 Å². The van der Waals surface area contributed by atoms with Crippen molar-refractivity contribution in [3.05, 3.63) is 16.1 Å². The van der Waals surface area contributed by atoms with Gasteiger partial charge in [0.25, 0.3) is 0 Å². The minimum atomic E-state index is 0. The van der Waals surface area contributed by atoms with Crippen LogP contribution in [0.3, 0.4) is 0 Å². The van der Waals surface area contributed by atoms with Gasteiger partial charge in [0.1, 0.15) is 0 Å². The molecule has 0 unspecified atom stereocenters. The molecule has 0 aliphatic carbocycles. The summed E-state index contributed by atoms with van der Waals surface area (Å²) in [5.41, 5.74) is 1.17. The Labute approximate surface area is 168 Å². The van der Waals surface area contributed by atoms with Gasteiger partial charge < -0.3 is 15.4 Å². The zero-order valence-corrected chi connectivity index (χ0v) is 19.0. The molecular formula is C17H33IN4OS. The first-order valence-electron chi connectivity index (χ1n) is 8.30. The molecule has 5 nitrogen and oxygen atoms in total. The Morgan fingerprint density at radius 3 is 2.58 bits per heavy atom. The molecule has 140 valence electrons. The minimum absolute atomic E-state index is 0. The van der Waals surface area contributed by atoms with Crippen molar-refractivity contribution in [1.29, 1.82) is 0 Å². The van der Waals surface area contributed by atoms with Gasteiger partial charge in [-0.2, -0.15) is 0 Å². The second kappa shape index (κ2) is 12.0. The van der Waals surface area contributed by atoms with Crippen LogP contribution in [0, 0.1) is 5.92 Å². The molecule has 0 aliphatic rings. The lowest BCUT2D eigenvalue weighted by molar-refractivity contribution is 0.108. The number of guanidine groups is 1. The second-order valence-corrected chi connectivity index (χ2v) is 7.93. The number of thiazole rings is 1. The Morgan fingerprint density at radius 2 is 2.04 bits per heavy atom. The highest BCUT2D eigenvalue weighted by molar-refractivity contribution is 14.0. The summed E-state index contributed by atoms with van der Waals surface area (Å²) in [5, 5.41) is 9.88. The normalized spacial score (nSPS) is 12.2. The van der Waals surface area contributed by atoms with Gasteiger partial charge in [-0.1, -0.05) is 34.6 Å². The summed E-state index contributed by atoms with van der Waals surface area (Å²) in [6.45, 7) is 14.0. The monoisotopic (exact) mass is 468 g/mol. The number of nitrogens with zero attached hydrogens (tertiary/aromatic N) is 2. The van der Waals surface area contributed by atoms with Crippen molar-refractivity contribution in [3.63, 3.8) is 0 Å². The number of aromatic nitrogens is 1. The van der Waals surface area contributed by atoms with Gasteiger partial charge in [-0.15, -0.1) is 35.3 Å². The average molecular weight is 468 g/mol. The van der Waals surface area contributed by atoms with E-state index >= 15 is 0 Å². The fourth-order valence-electron chi connectivity index (χ4n) is 1.83. The van der Waals surface area contributed by atoms with Gasteiger partial charge in [0.15, 0.2) is 5.96 Å². The van der Waals surface area contributed by atoms with E-state index in [2.05, 4.69) is 60.6 Å². The molecule has 0 spiro atoms. The van der Waals surface area contributed by atoms with E-state index in [0.29, 0.717) is 12.5 Å². The Morgan fingerprint density at radius 1 is 1.33 bits per heavy atom. The standard InChI is InChI=1S/C17H32N4OS.HI/c1-13(2)11-22-9-7-8-19-16(18-6)20-10-14-12-23-15(21-14)17(3,4)5;/h12-13H,7-11H2,1-6H3,(H2,18,19,20);1H. The molecule has 0 atom stereocenters. The molecule has 0 fully saturated rings. The first kappa shape index (κ1) is 23.6. The molecule has 0 amide bonds. The van der Waals surface area contributed by atoms with E-state index in [1.165, 1.54) is 5.01 Å². The van der Waals surface area contributed by atoms with E-state index in [0.717, 1.165) is 37.8 Å². The molecule has 1 heterocycles. The smallest absolute Gasteiger partial charge is 0.191 e. The summed E-state index contributed by atoms with van der Waals surface area (Å²) in [4.78, 5) is 8.91. The van der Waals surface area contributed by atoms with Crippen molar-refractivity contribution in [2.45, 2.75) is 53.0 Å². The summed E-state index contributed by atoms with van der Waals surface area (Å²) < 4.78 is 5.57. The third-order valence-corrected chi connectivity index (χ3v) is 4.38. The first-order valence-corrected chi connectivity index (χ1v) is 9.18. The maximum atomic E-state index is 5.57. The molecule has 0 aromatic carbocycles. The van der Waals surface area contributed by atoms with Crippen LogP contribution in [0.15, 0.2) is 10.4 Å². The van der Waals surface area contributed by atoms with E-state index in [-0.39, 0.29) is 29.4 Å². The highest BCUT2D eigenvalue weighted by Crippen LogP contribution is 2.25. The SMILES string of the molecule is CN=C(NCCCOCC(C)C)NCc1csc(C(C)(C)C)n1.I. The lowest BCUT2D eigenvalue weighted by Crippen LogP contribution is -2.37. The van der Waals surface area contributed by atoms with Crippen molar-refractivity contribution >= 4 is 41.3 Å². The predicted octanol–water partition coefficient (Wildman–Crippen LogP) is 3.79. The number of halogens is 1. The fourth-order valence-corrected chi connectivity index (χ4v) is 2.73. The quantitative estimate of drug-likeness (QED) is 0.264. The molecule has 2 N–H and O–H groups in total. The number of rotatable bonds is 8. The maximum Gasteiger partial charge on any atom is 0.191 e. The first-order chi connectivity index (χ1) is 10.8. The third-order valence-electron chi connectivity index (χ3n) is 3.06. The topological polar surface area (TPSA) is 58.5 Å². The van der Waals surface area contributed by atoms with E-state index < -0.39 is 0 Å². The van der Waals surface area contributed by atoms with Crippen LogP contribution >= 0.6 is 35.3 Å². The van der Waals surface area contributed by atoms with Crippen molar-refractivity contribution in [2.75, 3.05) is 26.8 Å². The van der Waals surface area contributed by atoms with Crippen molar-refractivity contribution in [1.82, 2.24) is 15.6 Å². The van der Waals surface area contributed by atoms with E-state index in [9.17, 15) is 0 Å². The summed E-state index contributed by atoms with van der Waals surface area (Å²) >= 11 is 1.72. The van der Waals surface area contributed by atoms with Crippen LogP contribution in [-0.2, 0) is 16.7 Å². The van der Waals surface area contributed by atoms with Crippen LogP contribution in [0.2, 0.25) is 0 Å². The van der Waals surface area contributed by atoms with E-state index in [1.807, 2.05) is 0 Å². The van der Waals surface area contributed by atoms with Crippen LogP contribution in [0.5, 0.6) is 0 Å². The Balaban J connectivity index is 0.00000529. The van der Waals surface area contributed by atoms with Crippen LogP contribution in [0.4, 0.5) is 0 Å². The number of aliphatic imine (C=N–C) groups is 1. The van der Waals surface area contributed by atoms with Gasteiger partial charge in [0.05, 0.1) is 17.2 Å². The van der Waals surface area contributed by atoms with Crippen molar-refractivity contribution in [2.24, 2.45) is 10.9 Å². The summed E-state index contributed by atoms with van der Waals surface area (Å²) in [6.07, 6.45) is 0.971. The third kappa shape index (κ3) is 9.78. The highest BCUT2D eigenvalue weighted by Gasteiger charge is 2.17. The minimum Gasteiger partial charge on any atom is -0.381 e. The molecular weight excluding hydrogens is 435 g/mol. The average Bonchev–Trinajstić information content (AvgIpc) is 2.94. The van der Waals surface area contributed by atoms with E-state index in [1.54, 1.807) is 18.4 Å². The van der Waals surface area contributed by atoms with E-state index in [4.69, 9.17) is 4.74 Å². The zero-order valence-electron chi connectivity index (χ0n) is 15.8. The molecule has 0 aliphatic heterocycles. The summed E-state index contributed by atoms with van der Waals surface area (Å²) in [6, 6.07) is 0. The van der Waals surface area contributed by atoms with Crippen LogP contribution in [0.1, 0.15) is 51.7 Å². The van der Waals surface area contributed by atoms with Crippen molar-refractivity contribution < 1.29 is 4.74 Å². The number of hydrogen-bond acceptors (Lipinski definition) is 4. The van der Waals surface area contributed by atoms with Gasteiger partial charge in [-0.3, -0.25) is 4.99 Å². The zero-order chi connectivity index (χ0) is 17.3. The lowest BCUT2D eigenvalue weighted by atomic mass is 9.98. The van der Waals surface area contributed by atoms with Crippen LogP contribution < -0.4 is 10.6 Å². The molecule has 1 aromatic heterocycles.